The Kier molecular flexibility index (Phi) is 2.55. The lowest BCUT2D eigenvalue weighted by molar-refractivity contribution is -0.308. The molecule has 1 aromatic carbocycles. The number of carboxylic acids is 2. The maximum atomic E-state index is 11.2. The molecular weight excluding hydrogens is 246 g/mol. The predicted molar refractivity (Wildman–Crippen MR) is 63.2 cm³/mol. The second-order valence-corrected chi connectivity index (χ2v) is 4.85. The van der Waals surface area contributed by atoms with Gasteiger partial charge in [0.15, 0.2) is 0 Å². The molecule has 1 aliphatic heterocycles. The quantitative estimate of drug-likeness (QED) is 0.704. The van der Waals surface area contributed by atoms with Crippen molar-refractivity contribution in [1.82, 2.24) is 0 Å². The number of para-hydroxylation sites is 1. The normalized spacial score (nSPS) is 27.3. The Morgan fingerprint density at radius 3 is 2.74 bits per heavy atom. The van der Waals surface area contributed by atoms with Crippen molar-refractivity contribution < 1.29 is 19.8 Å². The van der Waals surface area contributed by atoms with E-state index in [9.17, 15) is 19.8 Å². The molecule has 0 fully saturated rings. The number of hydrogen-bond acceptors (Lipinski definition) is 5. The summed E-state index contributed by atoms with van der Waals surface area (Å²) in [6, 6.07) is 3.99. The van der Waals surface area contributed by atoms with Gasteiger partial charge in [-0.05, 0) is 17.9 Å². The van der Waals surface area contributed by atoms with E-state index in [-0.39, 0.29) is 17.4 Å². The van der Waals surface area contributed by atoms with Crippen LogP contribution in [0.4, 0.5) is 5.69 Å². The van der Waals surface area contributed by atoms with E-state index in [2.05, 4.69) is 5.32 Å². The first-order valence-electron chi connectivity index (χ1n) is 6.08. The number of carbonyl (C=O) groups is 2. The molecular formula is C14H11NO4-2. The van der Waals surface area contributed by atoms with Gasteiger partial charge in [-0.3, -0.25) is 0 Å². The zero-order valence-electron chi connectivity index (χ0n) is 9.96. The van der Waals surface area contributed by atoms with Gasteiger partial charge >= 0.3 is 0 Å². The minimum absolute atomic E-state index is 0.0116. The fraction of sp³-hybridized carbons (Fsp3) is 0.286. The van der Waals surface area contributed by atoms with Gasteiger partial charge in [0.25, 0.3) is 0 Å². The second-order valence-electron chi connectivity index (χ2n) is 4.85. The number of allylic oxidation sites excluding steroid dienone is 2. The van der Waals surface area contributed by atoms with Crippen LogP contribution in [0.1, 0.15) is 28.3 Å². The highest BCUT2D eigenvalue weighted by atomic mass is 16.4. The molecule has 0 bridgehead atoms. The fourth-order valence-electron chi connectivity index (χ4n) is 3.02. The summed E-state index contributed by atoms with van der Waals surface area (Å²) in [6.45, 7) is 0. The highest BCUT2D eigenvalue weighted by molar-refractivity contribution is 5.95. The Balaban J connectivity index is 2.15. The van der Waals surface area contributed by atoms with Crippen LogP contribution in [0.2, 0.25) is 0 Å². The zero-order chi connectivity index (χ0) is 13.6. The van der Waals surface area contributed by atoms with Gasteiger partial charge in [-0.25, -0.2) is 0 Å². The molecule has 98 valence electrons. The maximum Gasteiger partial charge on any atom is 0.0736 e. The third-order valence-corrected chi connectivity index (χ3v) is 3.87. The summed E-state index contributed by atoms with van der Waals surface area (Å²) in [5.41, 5.74) is 1.13. The summed E-state index contributed by atoms with van der Waals surface area (Å²) < 4.78 is 0. The Bertz CT molecular complexity index is 593. The van der Waals surface area contributed by atoms with Crippen LogP contribution < -0.4 is 15.5 Å². The monoisotopic (exact) mass is 257 g/mol. The minimum atomic E-state index is -1.32. The molecule has 0 radical (unpaired) electrons. The fourth-order valence-corrected chi connectivity index (χ4v) is 3.02. The minimum Gasteiger partial charge on any atom is -0.548 e. The topological polar surface area (TPSA) is 92.3 Å². The number of benzene rings is 1. The van der Waals surface area contributed by atoms with Gasteiger partial charge < -0.3 is 25.1 Å². The molecule has 1 aliphatic carbocycles. The Labute approximate surface area is 109 Å². The van der Waals surface area contributed by atoms with Crippen LogP contribution in [0.5, 0.6) is 0 Å². The predicted octanol–water partition coefficient (Wildman–Crippen LogP) is -0.746. The van der Waals surface area contributed by atoms with Crippen molar-refractivity contribution in [1.29, 1.82) is 0 Å². The van der Waals surface area contributed by atoms with Crippen LogP contribution in [0.25, 0.3) is 0 Å². The SMILES string of the molecule is O=C([O-])c1cccc2c1N[C@H](C(=O)[O-])[C@@H]1CC=C[C@H]21. The maximum absolute atomic E-state index is 11.2. The Hall–Kier alpha value is -2.30. The number of anilines is 1. The molecule has 0 saturated heterocycles. The van der Waals surface area contributed by atoms with E-state index in [4.69, 9.17) is 0 Å². The summed E-state index contributed by atoms with van der Waals surface area (Å²) in [5.74, 6) is -2.74. The van der Waals surface area contributed by atoms with Gasteiger partial charge in [-0.1, -0.05) is 30.4 Å². The highest BCUT2D eigenvalue weighted by Crippen LogP contribution is 2.45. The van der Waals surface area contributed by atoms with Gasteiger partial charge in [-0.15, -0.1) is 0 Å². The van der Waals surface area contributed by atoms with E-state index in [1.54, 1.807) is 6.07 Å². The van der Waals surface area contributed by atoms with Gasteiger partial charge in [0.2, 0.25) is 0 Å². The summed E-state index contributed by atoms with van der Waals surface area (Å²) in [5, 5.41) is 25.1. The molecule has 19 heavy (non-hydrogen) atoms. The van der Waals surface area contributed by atoms with Crippen LogP contribution >= 0.6 is 0 Å². The van der Waals surface area contributed by atoms with E-state index < -0.39 is 18.0 Å². The molecule has 5 heteroatoms. The Morgan fingerprint density at radius 2 is 2.05 bits per heavy atom. The van der Waals surface area contributed by atoms with Crippen LogP contribution in [0.3, 0.4) is 0 Å². The van der Waals surface area contributed by atoms with Crippen molar-refractivity contribution in [3.8, 4) is 0 Å². The van der Waals surface area contributed by atoms with Gasteiger partial charge in [0.1, 0.15) is 0 Å². The molecule has 2 aliphatic rings. The van der Waals surface area contributed by atoms with Crippen molar-refractivity contribution in [2.75, 3.05) is 5.32 Å². The van der Waals surface area contributed by atoms with Crippen LogP contribution in [0, 0.1) is 5.92 Å². The lowest BCUT2D eigenvalue weighted by Crippen LogP contribution is -2.49. The van der Waals surface area contributed by atoms with E-state index in [0.29, 0.717) is 12.1 Å². The first kappa shape index (κ1) is 11.8. The molecule has 0 amide bonds. The standard InChI is InChI=1S/C14H13NO4/c16-13(17)10-6-2-4-8-7-3-1-5-9(7)12(14(18)19)15-11(8)10/h1-4,6-7,9,12,15H,5H2,(H,16,17)(H,18,19)/p-2/t7-,9-,12+/m1/s1. The molecule has 3 rings (SSSR count). The van der Waals surface area contributed by atoms with Gasteiger partial charge in [-0.2, -0.15) is 0 Å². The van der Waals surface area contributed by atoms with Crippen molar-refractivity contribution in [2.45, 2.75) is 18.4 Å². The number of nitrogens with one attached hydrogen (secondary N) is 1. The summed E-state index contributed by atoms with van der Waals surface area (Å²) in [7, 11) is 0. The smallest absolute Gasteiger partial charge is 0.0736 e. The highest BCUT2D eigenvalue weighted by Gasteiger charge is 2.38. The van der Waals surface area contributed by atoms with E-state index >= 15 is 0 Å². The first-order chi connectivity index (χ1) is 9.09. The number of aliphatic carboxylic acids is 1. The molecule has 5 nitrogen and oxygen atoms in total. The van der Waals surface area contributed by atoms with Crippen molar-refractivity contribution in [3.05, 3.63) is 41.5 Å². The number of fused-ring (bicyclic) bond motifs is 3. The lowest BCUT2D eigenvalue weighted by Gasteiger charge is -2.38. The summed E-state index contributed by atoms with van der Waals surface area (Å²) >= 11 is 0. The second kappa shape index (κ2) is 4.12. The largest absolute Gasteiger partial charge is 0.548 e. The Morgan fingerprint density at radius 1 is 1.26 bits per heavy atom. The number of rotatable bonds is 2. The third kappa shape index (κ3) is 1.69. The summed E-state index contributed by atoms with van der Waals surface area (Å²) in [4.78, 5) is 22.3. The number of carbonyl (C=O) groups excluding carboxylic acids is 2. The number of aromatic carboxylic acids is 1. The third-order valence-electron chi connectivity index (χ3n) is 3.87. The van der Waals surface area contributed by atoms with E-state index in [1.807, 2.05) is 18.2 Å². The van der Waals surface area contributed by atoms with Crippen LogP contribution in [-0.2, 0) is 4.79 Å². The molecule has 1 N–H and O–H groups in total. The lowest BCUT2D eigenvalue weighted by atomic mass is 9.78. The molecule has 0 saturated carbocycles. The van der Waals surface area contributed by atoms with Crippen LogP contribution in [0.15, 0.2) is 30.4 Å². The average Bonchev–Trinajstić information content (AvgIpc) is 2.85. The zero-order valence-corrected chi connectivity index (χ0v) is 9.96. The van der Waals surface area contributed by atoms with Crippen molar-refractivity contribution in [3.63, 3.8) is 0 Å². The molecule has 0 spiro atoms. The molecule has 0 unspecified atom stereocenters. The summed E-state index contributed by atoms with van der Waals surface area (Å²) in [6.07, 6.45) is 4.50. The number of hydrogen-bond donors (Lipinski definition) is 1. The van der Waals surface area contributed by atoms with Gasteiger partial charge in [0, 0.05) is 17.2 Å². The van der Waals surface area contributed by atoms with Crippen molar-refractivity contribution >= 4 is 17.6 Å². The molecule has 1 heterocycles. The van der Waals surface area contributed by atoms with E-state index in [0.717, 1.165) is 5.56 Å². The number of carboxylic acid groups (broad SMARTS) is 2. The van der Waals surface area contributed by atoms with E-state index in [1.165, 1.54) is 6.07 Å². The first-order valence-corrected chi connectivity index (χ1v) is 6.08. The van der Waals surface area contributed by atoms with Crippen LogP contribution in [-0.4, -0.2) is 18.0 Å². The average molecular weight is 257 g/mol. The molecule has 3 atom stereocenters. The van der Waals surface area contributed by atoms with Crippen molar-refractivity contribution in [2.24, 2.45) is 5.92 Å². The van der Waals surface area contributed by atoms with Gasteiger partial charge in [0.05, 0.1) is 18.0 Å². The molecule has 1 aromatic rings. The molecule has 0 aromatic heterocycles.